The number of hydrogen-bond donors (Lipinski definition) is 1. The molecule has 0 saturated heterocycles. The Kier molecular flexibility index (Phi) is 3.47. The summed E-state index contributed by atoms with van der Waals surface area (Å²) < 4.78 is 18.2. The quantitative estimate of drug-likeness (QED) is 0.792. The Morgan fingerprint density at radius 3 is 3.00 bits per heavy atom. The van der Waals surface area contributed by atoms with Crippen LogP contribution in [0.5, 0.6) is 0 Å². The molecule has 0 fully saturated rings. The zero-order valence-electron chi connectivity index (χ0n) is 10.8. The maximum atomic E-state index is 13.0. The minimum absolute atomic E-state index is 0.245. The third kappa shape index (κ3) is 2.70. The summed E-state index contributed by atoms with van der Waals surface area (Å²) in [5.41, 5.74) is 1.69. The SMILES string of the molecule is Cc1cc(F)ccc1NCc1nc(-c2cccs2)no1. The fraction of sp³-hybridized carbons (Fsp3) is 0.143. The van der Waals surface area contributed by atoms with Crippen molar-refractivity contribution in [2.45, 2.75) is 13.5 Å². The van der Waals surface area contributed by atoms with Crippen molar-refractivity contribution in [1.29, 1.82) is 0 Å². The van der Waals surface area contributed by atoms with Crippen LogP contribution in [0.1, 0.15) is 11.5 Å². The van der Waals surface area contributed by atoms with E-state index in [1.165, 1.54) is 12.1 Å². The zero-order valence-corrected chi connectivity index (χ0v) is 11.6. The van der Waals surface area contributed by atoms with Crippen LogP contribution in [-0.2, 0) is 6.54 Å². The second-order valence-corrected chi connectivity index (χ2v) is 5.25. The van der Waals surface area contributed by atoms with Gasteiger partial charge in [-0.1, -0.05) is 11.2 Å². The summed E-state index contributed by atoms with van der Waals surface area (Å²) in [4.78, 5) is 5.28. The van der Waals surface area contributed by atoms with Crippen LogP contribution < -0.4 is 5.32 Å². The third-order valence-corrected chi connectivity index (χ3v) is 3.69. The number of thiophene rings is 1. The van der Waals surface area contributed by atoms with Crippen molar-refractivity contribution in [3.8, 4) is 10.7 Å². The molecule has 0 atom stereocenters. The lowest BCUT2D eigenvalue weighted by atomic mass is 10.2. The van der Waals surface area contributed by atoms with Gasteiger partial charge in [-0.15, -0.1) is 11.3 Å². The monoisotopic (exact) mass is 289 g/mol. The maximum absolute atomic E-state index is 13.0. The molecule has 3 aromatic rings. The molecule has 102 valence electrons. The van der Waals surface area contributed by atoms with Gasteiger partial charge in [-0.05, 0) is 42.1 Å². The van der Waals surface area contributed by atoms with Gasteiger partial charge in [0.05, 0.1) is 11.4 Å². The lowest BCUT2D eigenvalue weighted by Gasteiger charge is -2.06. The van der Waals surface area contributed by atoms with E-state index >= 15 is 0 Å². The molecule has 0 aliphatic heterocycles. The molecule has 0 aliphatic rings. The van der Waals surface area contributed by atoms with Gasteiger partial charge in [-0.2, -0.15) is 4.98 Å². The Morgan fingerprint density at radius 2 is 2.25 bits per heavy atom. The Bertz CT molecular complexity index is 709. The van der Waals surface area contributed by atoms with Gasteiger partial charge in [-0.25, -0.2) is 4.39 Å². The zero-order chi connectivity index (χ0) is 13.9. The van der Waals surface area contributed by atoms with Crippen LogP contribution in [0, 0.1) is 12.7 Å². The lowest BCUT2D eigenvalue weighted by molar-refractivity contribution is 0.384. The first kappa shape index (κ1) is 12.8. The Morgan fingerprint density at radius 1 is 1.35 bits per heavy atom. The smallest absolute Gasteiger partial charge is 0.246 e. The maximum Gasteiger partial charge on any atom is 0.246 e. The predicted molar refractivity (Wildman–Crippen MR) is 76.1 cm³/mol. The van der Waals surface area contributed by atoms with Gasteiger partial charge in [0.2, 0.25) is 11.7 Å². The van der Waals surface area contributed by atoms with Crippen LogP contribution in [0.25, 0.3) is 10.7 Å². The summed E-state index contributed by atoms with van der Waals surface area (Å²) in [5, 5.41) is 9.05. The third-order valence-electron chi connectivity index (χ3n) is 2.83. The van der Waals surface area contributed by atoms with Gasteiger partial charge in [0.25, 0.3) is 0 Å². The average molecular weight is 289 g/mol. The van der Waals surface area contributed by atoms with Crippen molar-refractivity contribution in [3.05, 3.63) is 53.0 Å². The number of aromatic nitrogens is 2. The molecule has 6 heteroatoms. The molecule has 4 nitrogen and oxygen atoms in total. The Balaban J connectivity index is 1.70. The van der Waals surface area contributed by atoms with E-state index in [9.17, 15) is 4.39 Å². The highest BCUT2D eigenvalue weighted by Crippen LogP contribution is 2.22. The van der Waals surface area contributed by atoms with Crippen molar-refractivity contribution in [1.82, 2.24) is 10.1 Å². The van der Waals surface area contributed by atoms with Gasteiger partial charge in [0.15, 0.2) is 0 Å². The highest BCUT2D eigenvalue weighted by molar-refractivity contribution is 7.13. The number of anilines is 1. The molecule has 3 rings (SSSR count). The molecule has 20 heavy (non-hydrogen) atoms. The van der Waals surface area contributed by atoms with Crippen LogP contribution in [0.2, 0.25) is 0 Å². The van der Waals surface area contributed by atoms with Crippen molar-refractivity contribution < 1.29 is 8.91 Å². The largest absolute Gasteiger partial charge is 0.376 e. The molecule has 1 N–H and O–H groups in total. The average Bonchev–Trinajstić information content (AvgIpc) is 3.08. The summed E-state index contributed by atoms with van der Waals surface area (Å²) in [6.45, 7) is 2.25. The number of nitrogens with zero attached hydrogens (tertiary/aromatic N) is 2. The van der Waals surface area contributed by atoms with Crippen LogP contribution in [0.15, 0.2) is 40.2 Å². The Hall–Kier alpha value is -2.21. The summed E-state index contributed by atoms with van der Waals surface area (Å²) in [5.74, 6) is 0.843. The van der Waals surface area contributed by atoms with E-state index in [0.717, 1.165) is 16.1 Å². The van der Waals surface area contributed by atoms with E-state index in [1.807, 2.05) is 24.4 Å². The van der Waals surface area contributed by atoms with Crippen LogP contribution in [-0.4, -0.2) is 10.1 Å². The van der Waals surface area contributed by atoms with Crippen LogP contribution >= 0.6 is 11.3 Å². The first-order chi connectivity index (χ1) is 9.72. The fourth-order valence-corrected chi connectivity index (χ4v) is 2.48. The number of hydrogen-bond acceptors (Lipinski definition) is 5. The molecule has 2 aromatic heterocycles. The summed E-state index contributed by atoms with van der Waals surface area (Å²) in [6.07, 6.45) is 0. The highest BCUT2D eigenvalue weighted by Gasteiger charge is 2.09. The molecular weight excluding hydrogens is 277 g/mol. The molecule has 0 saturated carbocycles. The van der Waals surface area contributed by atoms with E-state index in [2.05, 4.69) is 15.5 Å². The van der Waals surface area contributed by atoms with Crippen LogP contribution in [0.3, 0.4) is 0 Å². The van der Waals surface area contributed by atoms with E-state index in [0.29, 0.717) is 18.3 Å². The summed E-state index contributed by atoms with van der Waals surface area (Å²) >= 11 is 1.56. The van der Waals surface area contributed by atoms with Crippen molar-refractivity contribution in [3.63, 3.8) is 0 Å². The van der Waals surface area contributed by atoms with E-state index in [-0.39, 0.29) is 5.82 Å². The Labute approximate surface area is 119 Å². The second-order valence-electron chi connectivity index (χ2n) is 4.30. The minimum Gasteiger partial charge on any atom is -0.376 e. The van der Waals surface area contributed by atoms with E-state index in [1.54, 1.807) is 17.4 Å². The molecule has 0 spiro atoms. The van der Waals surface area contributed by atoms with Crippen LogP contribution in [0.4, 0.5) is 10.1 Å². The molecule has 0 unspecified atom stereocenters. The van der Waals surface area contributed by atoms with Gasteiger partial charge < -0.3 is 9.84 Å². The number of rotatable bonds is 4. The van der Waals surface area contributed by atoms with Gasteiger partial charge in [0, 0.05) is 5.69 Å². The van der Waals surface area contributed by atoms with Crippen molar-refractivity contribution in [2.24, 2.45) is 0 Å². The van der Waals surface area contributed by atoms with Gasteiger partial charge >= 0.3 is 0 Å². The minimum atomic E-state index is -0.245. The lowest BCUT2D eigenvalue weighted by Crippen LogP contribution is -2.01. The number of aryl methyl sites for hydroxylation is 1. The first-order valence-corrected chi connectivity index (χ1v) is 6.97. The van der Waals surface area contributed by atoms with Gasteiger partial charge in [0.1, 0.15) is 5.82 Å². The highest BCUT2D eigenvalue weighted by atomic mass is 32.1. The van der Waals surface area contributed by atoms with Gasteiger partial charge in [-0.3, -0.25) is 0 Å². The molecule has 0 bridgehead atoms. The summed E-state index contributed by atoms with van der Waals surface area (Å²) in [7, 11) is 0. The molecule has 0 aliphatic carbocycles. The standard InChI is InChI=1S/C14H12FN3OS/c1-9-7-10(15)4-5-11(9)16-8-13-17-14(18-19-13)12-3-2-6-20-12/h2-7,16H,8H2,1H3. The number of nitrogens with one attached hydrogen (secondary N) is 1. The molecule has 0 radical (unpaired) electrons. The van der Waals surface area contributed by atoms with E-state index < -0.39 is 0 Å². The summed E-state index contributed by atoms with van der Waals surface area (Å²) in [6, 6.07) is 8.47. The number of benzene rings is 1. The normalized spacial score (nSPS) is 10.7. The fourth-order valence-electron chi connectivity index (χ4n) is 1.83. The molecule has 0 amide bonds. The second kappa shape index (κ2) is 5.42. The van der Waals surface area contributed by atoms with Crippen molar-refractivity contribution >= 4 is 17.0 Å². The topological polar surface area (TPSA) is 51.0 Å². The van der Waals surface area contributed by atoms with E-state index in [4.69, 9.17) is 4.52 Å². The predicted octanol–water partition coefficient (Wildman–Crippen LogP) is 3.86. The molecule has 2 heterocycles. The molecular formula is C14H12FN3OS. The van der Waals surface area contributed by atoms with Crippen molar-refractivity contribution in [2.75, 3.05) is 5.32 Å². The first-order valence-electron chi connectivity index (χ1n) is 6.09. The number of halogens is 1. The molecule has 1 aromatic carbocycles.